The summed E-state index contributed by atoms with van der Waals surface area (Å²) >= 11 is 0. The van der Waals surface area contributed by atoms with Crippen molar-refractivity contribution < 1.29 is 4.74 Å². The second kappa shape index (κ2) is 10.9. The monoisotopic (exact) mass is 470 g/mol. The van der Waals surface area contributed by atoms with E-state index in [0.717, 1.165) is 38.5 Å². The first-order valence-corrected chi connectivity index (χ1v) is 13.8. The first-order chi connectivity index (χ1) is 16.7. The summed E-state index contributed by atoms with van der Waals surface area (Å²) in [7, 11) is 0. The highest BCUT2D eigenvalue weighted by Gasteiger charge is 2.50. The molecule has 2 aliphatic carbocycles. The Kier molecular flexibility index (Phi) is 8.06. The number of benzene rings is 2. The van der Waals surface area contributed by atoms with E-state index in [1.54, 1.807) is 11.1 Å². The Morgan fingerprint density at radius 1 is 0.657 bits per heavy atom. The third kappa shape index (κ3) is 5.83. The van der Waals surface area contributed by atoms with E-state index in [9.17, 15) is 0 Å². The van der Waals surface area contributed by atoms with E-state index in [0.29, 0.717) is 11.8 Å². The fourth-order valence-electron chi connectivity index (χ4n) is 7.09. The zero-order valence-corrected chi connectivity index (χ0v) is 23.0. The van der Waals surface area contributed by atoms with Gasteiger partial charge in [0, 0.05) is 12.8 Å². The van der Waals surface area contributed by atoms with E-state index < -0.39 is 0 Å². The molecule has 2 aromatic carbocycles. The van der Waals surface area contributed by atoms with Gasteiger partial charge in [-0.3, -0.25) is 0 Å². The normalized spacial score (nSPS) is 29.2. The summed E-state index contributed by atoms with van der Waals surface area (Å²) < 4.78 is 7.89. The van der Waals surface area contributed by atoms with Gasteiger partial charge in [0.05, 0.1) is 11.2 Å². The summed E-state index contributed by atoms with van der Waals surface area (Å²) in [6.45, 7) is 14.1. The summed E-state index contributed by atoms with van der Waals surface area (Å²) in [4.78, 5) is 0. The molecule has 4 atom stereocenters. The minimum absolute atomic E-state index is 0.260. The lowest BCUT2D eigenvalue weighted by Crippen LogP contribution is -2.54. The Hall–Kier alpha value is -2.12. The van der Waals surface area contributed by atoms with Gasteiger partial charge in [-0.15, -0.1) is 0 Å². The Balaban J connectivity index is 1.88. The second-order valence-corrected chi connectivity index (χ2v) is 12.1. The van der Waals surface area contributed by atoms with Crippen LogP contribution in [-0.2, 0) is 17.6 Å². The molecule has 4 unspecified atom stereocenters. The molecule has 0 aromatic heterocycles. The summed E-state index contributed by atoms with van der Waals surface area (Å²) in [5.74, 6) is 1.32. The zero-order valence-electron chi connectivity index (χ0n) is 23.0. The molecule has 2 aromatic rings. The lowest BCUT2D eigenvalue weighted by atomic mass is 9.67. The van der Waals surface area contributed by atoms with Gasteiger partial charge in [0.25, 0.3) is 0 Å². The van der Waals surface area contributed by atoms with Crippen LogP contribution < -0.4 is 0 Å². The molecule has 4 rings (SSSR count). The maximum atomic E-state index is 7.89. The lowest BCUT2D eigenvalue weighted by molar-refractivity contribution is -0.151. The standard InChI is InChI=1S/C34H46O/c1-25(2)31-19-17-27(5)21-33(31,23-29-13-9-7-10-14-29)35-34(24-30-15-11-8-12-16-30)22-28(6)18-20-32(34)26(3)4/h7-16,27-28H,17-24H2,1-6H3. The highest BCUT2D eigenvalue weighted by atomic mass is 16.5. The Morgan fingerprint density at radius 2 is 1.03 bits per heavy atom. The van der Waals surface area contributed by atoms with Crippen LogP contribution in [0.2, 0.25) is 0 Å². The molecule has 0 heterocycles. The van der Waals surface area contributed by atoms with Crippen LogP contribution in [-0.4, -0.2) is 11.2 Å². The molecule has 2 saturated carbocycles. The van der Waals surface area contributed by atoms with Gasteiger partial charge in [-0.1, -0.05) is 85.7 Å². The van der Waals surface area contributed by atoms with Crippen molar-refractivity contribution >= 4 is 0 Å². The van der Waals surface area contributed by atoms with Crippen LogP contribution >= 0.6 is 0 Å². The van der Waals surface area contributed by atoms with Crippen molar-refractivity contribution in [2.75, 3.05) is 0 Å². The van der Waals surface area contributed by atoms with Crippen LogP contribution in [0.4, 0.5) is 0 Å². The van der Waals surface area contributed by atoms with Crippen LogP contribution in [0.5, 0.6) is 0 Å². The van der Waals surface area contributed by atoms with Crippen molar-refractivity contribution in [3.8, 4) is 0 Å². The molecular formula is C34H46O. The molecule has 1 nitrogen and oxygen atoms in total. The molecule has 2 aliphatic rings. The minimum Gasteiger partial charge on any atom is -0.359 e. The van der Waals surface area contributed by atoms with E-state index in [1.165, 1.54) is 35.1 Å². The lowest BCUT2D eigenvalue weighted by Gasteiger charge is -2.53. The molecule has 1 heteroatoms. The van der Waals surface area contributed by atoms with Crippen molar-refractivity contribution in [2.24, 2.45) is 11.8 Å². The van der Waals surface area contributed by atoms with Gasteiger partial charge in [0.1, 0.15) is 0 Å². The van der Waals surface area contributed by atoms with Gasteiger partial charge in [0.2, 0.25) is 0 Å². The molecule has 35 heavy (non-hydrogen) atoms. The number of hydrogen-bond donors (Lipinski definition) is 0. The van der Waals surface area contributed by atoms with Gasteiger partial charge in [-0.2, -0.15) is 0 Å². The van der Waals surface area contributed by atoms with Crippen molar-refractivity contribution in [1.29, 1.82) is 0 Å². The fraction of sp³-hybridized carbons (Fsp3) is 0.529. The van der Waals surface area contributed by atoms with Crippen molar-refractivity contribution in [2.45, 2.75) is 104 Å². The van der Waals surface area contributed by atoms with Crippen molar-refractivity contribution in [3.05, 3.63) is 94.1 Å². The number of rotatable bonds is 6. The number of ether oxygens (including phenoxy) is 1. The summed E-state index contributed by atoms with van der Waals surface area (Å²) in [6.07, 6.45) is 8.94. The fourth-order valence-corrected chi connectivity index (χ4v) is 7.09. The zero-order chi connectivity index (χ0) is 25.1. The molecule has 0 bridgehead atoms. The summed E-state index contributed by atoms with van der Waals surface area (Å²) in [6, 6.07) is 22.2. The molecule has 0 spiro atoms. The van der Waals surface area contributed by atoms with Gasteiger partial charge < -0.3 is 4.74 Å². The predicted octanol–water partition coefficient (Wildman–Crippen LogP) is 9.28. The Labute approximate surface area is 214 Å². The highest BCUT2D eigenvalue weighted by Crippen LogP contribution is 2.51. The second-order valence-electron chi connectivity index (χ2n) is 12.1. The maximum absolute atomic E-state index is 7.89. The molecule has 0 N–H and O–H groups in total. The van der Waals surface area contributed by atoms with E-state index in [4.69, 9.17) is 4.74 Å². The minimum atomic E-state index is -0.260. The molecule has 2 fully saturated rings. The largest absolute Gasteiger partial charge is 0.359 e. The van der Waals surface area contributed by atoms with Gasteiger partial charge >= 0.3 is 0 Å². The third-order valence-corrected chi connectivity index (χ3v) is 8.49. The molecule has 188 valence electrons. The van der Waals surface area contributed by atoms with Crippen LogP contribution in [0.1, 0.15) is 91.2 Å². The van der Waals surface area contributed by atoms with Gasteiger partial charge in [0.15, 0.2) is 0 Å². The first-order valence-electron chi connectivity index (χ1n) is 13.8. The van der Waals surface area contributed by atoms with Crippen LogP contribution in [0.3, 0.4) is 0 Å². The van der Waals surface area contributed by atoms with Crippen LogP contribution in [0, 0.1) is 11.8 Å². The van der Waals surface area contributed by atoms with E-state index in [1.807, 2.05) is 0 Å². The van der Waals surface area contributed by atoms with Crippen molar-refractivity contribution in [3.63, 3.8) is 0 Å². The van der Waals surface area contributed by atoms with Crippen LogP contribution in [0.15, 0.2) is 83.0 Å². The third-order valence-electron chi connectivity index (χ3n) is 8.49. The average Bonchev–Trinajstić information content (AvgIpc) is 2.79. The maximum Gasteiger partial charge on any atom is 0.0948 e. The van der Waals surface area contributed by atoms with Crippen LogP contribution in [0.25, 0.3) is 0 Å². The van der Waals surface area contributed by atoms with E-state index >= 15 is 0 Å². The molecule has 0 amide bonds. The Morgan fingerprint density at radius 3 is 1.37 bits per heavy atom. The first kappa shape index (κ1) is 26.0. The predicted molar refractivity (Wildman–Crippen MR) is 150 cm³/mol. The molecule has 0 radical (unpaired) electrons. The van der Waals surface area contributed by atoms with Gasteiger partial charge in [-0.25, -0.2) is 0 Å². The van der Waals surface area contributed by atoms with E-state index in [2.05, 4.69) is 102 Å². The summed E-state index contributed by atoms with van der Waals surface area (Å²) in [5, 5.41) is 0. The summed E-state index contributed by atoms with van der Waals surface area (Å²) in [5.41, 5.74) is 8.26. The quantitative estimate of drug-likeness (QED) is 0.382. The van der Waals surface area contributed by atoms with Gasteiger partial charge in [-0.05, 0) is 100 Å². The van der Waals surface area contributed by atoms with Crippen molar-refractivity contribution in [1.82, 2.24) is 0 Å². The SMILES string of the molecule is CC(C)=C1CCC(C)CC1(Cc1ccccc1)OC1(Cc2ccccc2)CC(C)CCC1=C(C)C. The number of hydrogen-bond acceptors (Lipinski definition) is 1. The molecular weight excluding hydrogens is 424 g/mol. The smallest absolute Gasteiger partial charge is 0.0948 e. The highest BCUT2D eigenvalue weighted by molar-refractivity contribution is 5.35. The number of allylic oxidation sites excluding steroid dienone is 2. The van der Waals surface area contributed by atoms with E-state index in [-0.39, 0.29) is 11.2 Å². The topological polar surface area (TPSA) is 9.23 Å². The Bertz CT molecular complexity index is 953. The molecule has 0 saturated heterocycles. The molecule has 0 aliphatic heterocycles. The average molecular weight is 471 g/mol.